The molecule has 0 unspecified atom stereocenters. The van der Waals surface area contributed by atoms with Gasteiger partial charge in [-0.1, -0.05) is 11.6 Å². The summed E-state index contributed by atoms with van der Waals surface area (Å²) < 4.78 is 34.4. The van der Waals surface area contributed by atoms with Gasteiger partial charge in [0.2, 0.25) is 5.91 Å². The summed E-state index contributed by atoms with van der Waals surface area (Å²) in [5.74, 6) is 2.35. The van der Waals surface area contributed by atoms with Crippen LogP contribution in [0.5, 0.6) is 11.5 Å². The van der Waals surface area contributed by atoms with Crippen molar-refractivity contribution in [1.29, 1.82) is 0 Å². The molecule has 0 aliphatic carbocycles. The lowest BCUT2D eigenvalue weighted by atomic mass is 10.2. The number of hydrogen-bond acceptors (Lipinski definition) is 6. The standard InChI is InChI=1S/C17H22ClNO5S2/c1-2-19(13-3-6-26(21,22)11-13)16(20)10-25-9-12-7-14(18)17-15(8-12)23-4-5-24-17/h7-8,13H,2-6,9-11H2,1H3/t13-/m0/s1. The maximum Gasteiger partial charge on any atom is 0.232 e. The Morgan fingerprint density at radius 2 is 2.12 bits per heavy atom. The minimum Gasteiger partial charge on any atom is -0.486 e. The Morgan fingerprint density at radius 3 is 2.81 bits per heavy atom. The van der Waals surface area contributed by atoms with Gasteiger partial charge in [-0.3, -0.25) is 4.79 Å². The second-order valence-electron chi connectivity index (χ2n) is 6.33. The van der Waals surface area contributed by atoms with E-state index in [0.29, 0.717) is 54.2 Å². The monoisotopic (exact) mass is 419 g/mol. The fourth-order valence-corrected chi connectivity index (χ4v) is 6.11. The van der Waals surface area contributed by atoms with Crippen LogP contribution < -0.4 is 9.47 Å². The lowest BCUT2D eigenvalue weighted by Gasteiger charge is -2.26. The van der Waals surface area contributed by atoms with Crippen molar-refractivity contribution < 1.29 is 22.7 Å². The largest absolute Gasteiger partial charge is 0.486 e. The van der Waals surface area contributed by atoms with Gasteiger partial charge in [-0.15, -0.1) is 11.8 Å². The van der Waals surface area contributed by atoms with Crippen LogP contribution >= 0.6 is 23.4 Å². The Morgan fingerprint density at radius 1 is 1.35 bits per heavy atom. The van der Waals surface area contributed by atoms with Crippen LogP contribution in [0.3, 0.4) is 0 Å². The average molecular weight is 420 g/mol. The number of halogens is 1. The second-order valence-corrected chi connectivity index (χ2v) is 9.95. The van der Waals surface area contributed by atoms with E-state index in [1.165, 1.54) is 11.8 Å². The highest BCUT2D eigenvalue weighted by Gasteiger charge is 2.33. The molecule has 1 aromatic carbocycles. The minimum absolute atomic E-state index is 0.0248. The van der Waals surface area contributed by atoms with Crippen molar-refractivity contribution in [3.8, 4) is 11.5 Å². The third kappa shape index (κ3) is 4.58. The van der Waals surface area contributed by atoms with Gasteiger partial charge in [-0.05, 0) is 31.0 Å². The molecule has 2 aliphatic rings. The maximum absolute atomic E-state index is 12.5. The lowest BCUT2D eigenvalue weighted by Crippen LogP contribution is -2.41. The van der Waals surface area contributed by atoms with Crippen LogP contribution in [0.4, 0.5) is 0 Å². The molecule has 6 nitrogen and oxygen atoms in total. The summed E-state index contributed by atoms with van der Waals surface area (Å²) in [5, 5.41) is 0.510. The summed E-state index contributed by atoms with van der Waals surface area (Å²) in [7, 11) is -3.00. The number of ether oxygens (including phenoxy) is 2. The zero-order valence-corrected chi connectivity index (χ0v) is 17.0. The number of amides is 1. The molecule has 0 spiro atoms. The van der Waals surface area contributed by atoms with Crippen LogP contribution in [0.25, 0.3) is 0 Å². The van der Waals surface area contributed by atoms with Crippen LogP contribution in [0.2, 0.25) is 5.02 Å². The topological polar surface area (TPSA) is 72.9 Å². The van der Waals surface area contributed by atoms with Crippen LogP contribution in [0, 0.1) is 0 Å². The molecular formula is C17H22ClNO5S2. The summed E-state index contributed by atoms with van der Waals surface area (Å²) in [6.07, 6.45) is 0.532. The van der Waals surface area contributed by atoms with Crippen molar-refractivity contribution in [3.05, 3.63) is 22.7 Å². The molecule has 0 N–H and O–H groups in total. The van der Waals surface area contributed by atoms with Gasteiger partial charge in [0.1, 0.15) is 13.2 Å². The van der Waals surface area contributed by atoms with Crippen molar-refractivity contribution in [3.63, 3.8) is 0 Å². The number of benzene rings is 1. The van der Waals surface area contributed by atoms with E-state index in [4.69, 9.17) is 21.1 Å². The normalized spacial score (nSPS) is 20.8. The average Bonchev–Trinajstić information content (AvgIpc) is 2.95. The molecule has 0 bridgehead atoms. The highest BCUT2D eigenvalue weighted by Crippen LogP contribution is 2.39. The summed E-state index contributed by atoms with van der Waals surface area (Å²) in [5.41, 5.74) is 0.962. The van der Waals surface area contributed by atoms with E-state index in [0.717, 1.165) is 5.56 Å². The van der Waals surface area contributed by atoms with Gasteiger partial charge in [0.25, 0.3) is 0 Å². The Labute approximate surface area is 163 Å². The van der Waals surface area contributed by atoms with E-state index in [-0.39, 0.29) is 23.5 Å². The van der Waals surface area contributed by atoms with Gasteiger partial charge >= 0.3 is 0 Å². The molecule has 0 aromatic heterocycles. The van der Waals surface area contributed by atoms with Gasteiger partial charge in [0, 0.05) is 18.3 Å². The van der Waals surface area contributed by atoms with Gasteiger partial charge in [-0.2, -0.15) is 0 Å². The molecule has 1 atom stereocenters. The zero-order chi connectivity index (χ0) is 18.7. The van der Waals surface area contributed by atoms with E-state index in [9.17, 15) is 13.2 Å². The number of fused-ring (bicyclic) bond motifs is 1. The van der Waals surface area contributed by atoms with Gasteiger partial charge in [0.05, 0.1) is 22.3 Å². The molecule has 0 radical (unpaired) electrons. The molecule has 2 heterocycles. The molecular weight excluding hydrogens is 398 g/mol. The first-order chi connectivity index (χ1) is 12.4. The summed E-state index contributed by atoms with van der Waals surface area (Å²) in [4.78, 5) is 14.2. The molecule has 1 saturated heterocycles. The SMILES string of the molecule is CCN(C(=O)CSCc1cc(Cl)c2c(c1)OCCO2)[C@H]1CCS(=O)(=O)C1. The van der Waals surface area contributed by atoms with E-state index in [2.05, 4.69) is 0 Å². The minimum atomic E-state index is -3.00. The summed E-state index contributed by atoms with van der Waals surface area (Å²) in [6, 6.07) is 3.52. The molecule has 0 saturated carbocycles. The number of thioether (sulfide) groups is 1. The quantitative estimate of drug-likeness (QED) is 0.704. The molecule has 2 aliphatic heterocycles. The number of sulfone groups is 1. The summed E-state index contributed by atoms with van der Waals surface area (Å²) in [6.45, 7) is 3.39. The van der Waals surface area contributed by atoms with Crippen LogP contribution in [-0.2, 0) is 20.4 Å². The van der Waals surface area contributed by atoms with Crippen LogP contribution in [-0.4, -0.2) is 62.3 Å². The number of hydrogen-bond donors (Lipinski definition) is 0. The highest BCUT2D eigenvalue weighted by molar-refractivity contribution is 7.99. The predicted octanol–water partition coefficient (Wildman–Crippen LogP) is 2.38. The van der Waals surface area contributed by atoms with Crippen molar-refractivity contribution in [2.75, 3.05) is 37.0 Å². The number of nitrogens with zero attached hydrogens (tertiary/aromatic N) is 1. The van der Waals surface area contributed by atoms with Crippen molar-refractivity contribution in [2.24, 2.45) is 0 Å². The van der Waals surface area contributed by atoms with Crippen molar-refractivity contribution in [1.82, 2.24) is 4.90 Å². The molecule has 26 heavy (non-hydrogen) atoms. The first-order valence-corrected chi connectivity index (χ1v) is 11.9. The fraction of sp³-hybridized carbons (Fsp3) is 0.588. The number of carbonyl (C=O) groups excluding carboxylic acids is 1. The molecule has 1 amide bonds. The van der Waals surface area contributed by atoms with Crippen LogP contribution in [0.15, 0.2) is 12.1 Å². The molecule has 3 rings (SSSR count). The molecule has 1 fully saturated rings. The van der Waals surface area contributed by atoms with Crippen molar-refractivity contribution in [2.45, 2.75) is 25.1 Å². The number of rotatable bonds is 6. The van der Waals surface area contributed by atoms with E-state index >= 15 is 0 Å². The van der Waals surface area contributed by atoms with Gasteiger partial charge < -0.3 is 14.4 Å². The lowest BCUT2D eigenvalue weighted by molar-refractivity contribution is -0.129. The molecule has 1 aromatic rings. The van der Waals surface area contributed by atoms with Crippen LogP contribution in [0.1, 0.15) is 18.9 Å². The highest BCUT2D eigenvalue weighted by atomic mass is 35.5. The maximum atomic E-state index is 12.5. The second kappa shape index (κ2) is 8.27. The van der Waals surface area contributed by atoms with E-state index < -0.39 is 9.84 Å². The Bertz CT molecular complexity index is 784. The zero-order valence-electron chi connectivity index (χ0n) is 14.6. The molecule has 144 valence electrons. The summed E-state index contributed by atoms with van der Waals surface area (Å²) >= 11 is 7.71. The molecule has 9 heteroatoms. The van der Waals surface area contributed by atoms with Gasteiger partial charge in [0.15, 0.2) is 21.3 Å². The first kappa shape index (κ1) is 19.6. The third-order valence-electron chi connectivity index (χ3n) is 4.46. The Hall–Kier alpha value is -1.12. The Kier molecular flexibility index (Phi) is 6.25. The number of carbonyl (C=O) groups is 1. The predicted molar refractivity (Wildman–Crippen MR) is 103 cm³/mol. The Balaban J connectivity index is 1.55. The van der Waals surface area contributed by atoms with E-state index in [1.807, 2.05) is 19.1 Å². The smallest absolute Gasteiger partial charge is 0.232 e. The van der Waals surface area contributed by atoms with Gasteiger partial charge in [-0.25, -0.2) is 8.42 Å². The fourth-order valence-electron chi connectivity index (χ4n) is 3.25. The van der Waals surface area contributed by atoms with Crippen molar-refractivity contribution >= 4 is 39.1 Å². The first-order valence-electron chi connectivity index (χ1n) is 8.55. The van der Waals surface area contributed by atoms with E-state index in [1.54, 1.807) is 4.90 Å². The third-order valence-corrected chi connectivity index (χ3v) is 7.48.